The molecule has 2 aromatic rings. The molecule has 7 heteroatoms. The third-order valence-electron chi connectivity index (χ3n) is 4.47. The number of para-hydroxylation sites is 1. The largest absolute Gasteiger partial charge is 0.496 e. The lowest BCUT2D eigenvalue weighted by Crippen LogP contribution is -2.43. The number of ether oxygens (including phenoxy) is 1. The molecule has 2 aromatic carbocycles. The zero-order valence-corrected chi connectivity index (χ0v) is 15.8. The Bertz CT molecular complexity index is 810. The van der Waals surface area contributed by atoms with Gasteiger partial charge in [-0.15, -0.1) is 0 Å². The number of rotatable bonds is 6. The Morgan fingerprint density at radius 3 is 2.70 bits per heavy atom. The van der Waals surface area contributed by atoms with Crippen LogP contribution in [-0.4, -0.2) is 38.2 Å². The molecule has 1 aliphatic heterocycles. The molecule has 3 amide bonds. The van der Waals surface area contributed by atoms with Gasteiger partial charge in [-0.05, 0) is 42.3 Å². The van der Waals surface area contributed by atoms with Crippen molar-refractivity contribution in [3.63, 3.8) is 0 Å². The molecule has 1 aliphatic rings. The smallest absolute Gasteiger partial charge is 0.315 e. The number of amides is 3. The second-order valence-electron chi connectivity index (χ2n) is 6.34. The first-order valence-electron chi connectivity index (χ1n) is 8.79. The van der Waals surface area contributed by atoms with Crippen LogP contribution in [0, 0.1) is 0 Å². The summed E-state index contributed by atoms with van der Waals surface area (Å²) in [4.78, 5) is 26.0. The van der Waals surface area contributed by atoms with Gasteiger partial charge in [0.2, 0.25) is 5.91 Å². The van der Waals surface area contributed by atoms with E-state index in [0.29, 0.717) is 24.5 Å². The minimum absolute atomic E-state index is 0.0170. The van der Waals surface area contributed by atoms with Gasteiger partial charge < -0.3 is 20.3 Å². The van der Waals surface area contributed by atoms with Crippen molar-refractivity contribution < 1.29 is 14.3 Å². The molecule has 0 aliphatic carbocycles. The van der Waals surface area contributed by atoms with E-state index in [2.05, 4.69) is 10.6 Å². The van der Waals surface area contributed by atoms with E-state index in [1.165, 1.54) is 0 Å². The van der Waals surface area contributed by atoms with E-state index >= 15 is 0 Å². The van der Waals surface area contributed by atoms with Crippen LogP contribution in [-0.2, 0) is 11.2 Å². The summed E-state index contributed by atoms with van der Waals surface area (Å²) in [5.41, 5.74) is 1.82. The van der Waals surface area contributed by atoms with Crippen LogP contribution in [0.25, 0.3) is 0 Å². The number of anilines is 1. The quantitative estimate of drug-likeness (QED) is 0.800. The first-order valence-corrected chi connectivity index (χ1v) is 9.17. The molecule has 3 rings (SSSR count). The Morgan fingerprint density at radius 1 is 1.22 bits per heavy atom. The number of hydrogen-bond acceptors (Lipinski definition) is 3. The molecule has 1 saturated heterocycles. The molecule has 0 spiro atoms. The van der Waals surface area contributed by atoms with Crippen molar-refractivity contribution in [1.29, 1.82) is 0 Å². The van der Waals surface area contributed by atoms with Gasteiger partial charge in [0, 0.05) is 30.2 Å². The fraction of sp³-hybridized carbons (Fsp3) is 0.300. The second-order valence-corrected chi connectivity index (χ2v) is 6.78. The number of hydrogen-bond donors (Lipinski definition) is 2. The molecule has 1 atom stereocenters. The second kappa shape index (κ2) is 8.77. The maximum Gasteiger partial charge on any atom is 0.315 e. The van der Waals surface area contributed by atoms with Gasteiger partial charge in [0.15, 0.2) is 0 Å². The van der Waals surface area contributed by atoms with Gasteiger partial charge in [-0.1, -0.05) is 29.8 Å². The van der Waals surface area contributed by atoms with E-state index in [9.17, 15) is 9.59 Å². The first-order chi connectivity index (χ1) is 13.1. The number of urea groups is 1. The summed E-state index contributed by atoms with van der Waals surface area (Å²) in [6.45, 7) is 0.925. The lowest BCUT2D eigenvalue weighted by atomic mass is 10.1. The first kappa shape index (κ1) is 19.0. The standard InChI is InChI=1S/C20H22ClN3O3/c1-27-18-5-3-2-4-14(18)10-11-22-20(26)23-16-12-19(25)24(13-16)17-8-6-15(21)7-9-17/h2-9,16H,10-13H2,1H3,(H2,22,23,26)/t16-/m1/s1. The summed E-state index contributed by atoms with van der Waals surface area (Å²) >= 11 is 5.89. The van der Waals surface area contributed by atoms with Crippen molar-refractivity contribution in [2.75, 3.05) is 25.1 Å². The van der Waals surface area contributed by atoms with Crippen LogP contribution in [0.5, 0.6) is 5.75 Å². The SMILES string of the molecule is COc1ccccc1CCNC(=O)N[C@@H]1CC(=O)N(c2ccc(Cl)cc2)C1. The third-order valence-corrected chi connectivity index (χ3v) is 4.72. The van der Waals surface area contributed by atoms with E-state index in [1.807, 2.05) is 24.3 Å². The average Bonchev–Trinajstić information content (AvgIpc) is 3.02. The zero-order valence-electron chi connectivity index (χ0n) is 15.1. The van der Waals surface area contributed by atoms with Gasteiger partial charge in [0.05, 0.1) is 13.2 Å². The zero-order chi connectivity index (χ0) is 19.2. The minimum Gasteiger partial charge on any atom is -0.496 e. The summed E-state index contributed by atoms with van der Waals surface area (Å²) in [6, 6.07) is 14.3. The molecule has 0 saturated carbocycles. The van der Waals surface area contributed by atoms with Gasteiger partial charge in [0.25, 0.3) is 0 Å². The molecule has 0 unspecified atom stereocenters. The van der Waals surface area contributed by atoms with Crippen LogP contribution in [0.3, 0.4) is 0 Å². The summed E-state index contributed by atoms with van der Waals surface area (Å²) in [7, 11) is 1.63. The number of nitrogens with one attached hydrogen (secondary N) is 2. The maximum absolute atomic E-state index is 12.2. The van der Waals surface area contributed by atoms with Crippen molar-refractivity contribution in [1.82, 2.24) is 10.6 Å². The lowest BCUT2D eigenvalue weighted by molar-refractivity contribution is -0.117. The topological polar surface area (TPSA) is 70.7 Å². The fourth-order valence-corrected chi connectivity index (χ4v) is 3.26. The highest BCUT2D eigenvalue weighted by atomic mass is 35.5. The summed E-state index contributed by atoms with van der Waals surface area (Å²) in [5, 5.41) is 6.32. The maximum atomic E-state index is 12.2. The van der Waals surface area contributed by atoms with Gasteiger partial charge in [0.1, 0.15) is 5.75 Å². The molecule has 27 heavy (non-hydrogen) atoms. The van der Waals surface area contributed by atoms with E-state index in [-0.39, 0.29) is 24.4 Å². The van der Waals surface area contributed by atoms with Gasteiger partial charge >= 0.3 is 6.03 Å². The number of methoxy groups -OCH3 is 1. The molecule has 0 radical (unpaired) electrons. The number of nitrogens with zero attached hydrogens (tertiary/aromatic N) is 1. The van der Waals surface area contributed by atoms with Crippen LogP contribution in [0.2, 0.25) is 5.02 Å². The molecular weight excluding hydrogens is 366 g/mol. The average molecular weight is 388 g/mol. The fourth-order valence-electron chi connectivity index (χ4n) is 3.13. The van der Waals surface area contributed by atoms with Crippen LogP contribution >= 0.6 is 11.6 Å². The summed E-state index contributed by atoms with van der Waals surface area (Å²) in [5.74, 6) is 0.788. The van der Waals surface area contributed by atoms with Crippen LogP contribution in [0.4, 0.5) is 10.5 Å². The van der Waals surface area contributed by atoms with Gasteiger partial charge in [-0.25, -0.2) is 4.79 Å². The van der Waals surface area contributed by atoms with Gasteiger partial charge in [-0.3, -0.25) is 4.79 Å². The highest BCUT2D eigenvalue weighted by Gasteiger charge is 2.31. The van der Waals surface area contributed by atoms with Crippen molar-refractivity contribution in [3.05, 3.63) is 59.1 Å². The molecule has 1 heterocycles. The number of carbonyl (C=O) groups is 2. The van der Waals surface area contributed by atoms with E-state index in [1.54, 1.807) is 36.3 Å². The monoisotopic (exact) mass is 387 g/mol. The molecule has 0 bridgehead atoms. The van der Waals surface area contributed by atoms with Crippen LogP contribution in [0.15, 0.2) is 48.5 Å². The Hall–Kier alpha value is -2.73. The highest BCUT2D eigenvalue weighted by Crippen LogP contribution is 2.23. The highest BCUT2D eigenvalue weighted by molar-refractivity contribution is 6.30. The van der Waals surface area contributed by atoms with E-state index in [4.69, 9.17) is 16.3 Å². The summed E-state index contributed by atoms with van der Waals surface area (Å²) in [6.07, 6.45) is 0.945. The van der Waals surface area contributed by atoms with Crippen LogP contribution < -0.4 is 20.3 Å². The van der Waals surface area contributed by atoms with Crippen molar-refractivity contribution in [3.8, 4) is 5.75 Å². The molecule has 142 valence electrons. The predicted molar refractivity (Wildman–Crippen MR) is 105 cm³/mol. The number of halogens is 1. The number of benzene rings is 2. The minimum atomic E-state index is -0.277. The Kier molecular flexibility index (Phi) is 6.19. The van der Waals surface area contributed by atoms with Crippen LogP contribution in [0.1, 0.15) is 12.0 Å². The molecule has 2 N–H and O–H groups in total. The Morgan fingerprint density at radius 2 is 1.96 bits per heavy atom. The van der Waals surface area contributed by atoms with Gasteiger partial charge in [-0.2, -0.15) is 0 Å². The Labute approximate surface area is 163 Å². The third kappa shape index (κ3) is 4.92. The lowest BCUT2D eigenvalue weighted by Gasteiger charge is -2.17. The van der Waals surface area contributed by atoms with E-state index in [0.717, 1.165) is 17.0 Å². The summed E-state index contributed by atoms with van der Waals surface area (Å²) < 4.78 is 5.30. The van der Waals surface area contributed by atoms with Crippen molar-refractivity contribution in [2.45, 2.75) is 18.9 Å². The van der Waals surface area contributed by atoms with Crippen molar-refractivity contribution in [2.24, 2.45) is 0 Å². The number of carbonyl (C=O) groups excluding carboxylic acids is 2. The molecule has 0 aromatic heterocycles. The van der Waals surface area contributed by atoms with Crippen molar-refractivity contribution >= 4 is 29.2 Å². The Balaban J connectivity index is 1.47. The molecule has 6 nitrogen and oxygen atoms in total. The molecular formula is C20H22ClN3O3. The predicted octanol–water partition coefficient (Wildman–Crippen LogP) is 3.00. The van der Waals surface area contributed by atoms with E-state index < -0.39 is 0 Å². The molecule has 1 fully saturated rings. The normalized spacial score (nSPS) is 16.3.